The molecule has 22 heavy (non-hydrogen) atoms. The summed E-state index contributed by atoms with van der Waals surface area (Å²) in [6, 6.07) is 2.57. The van der Waals surface area contributed by atoms with Crippen LogP contribution in [0.4, 0.5) is 10.6 Å². The second-order valence-corrected chi connectivity index (χ2v) is 5.21. The number of carbonyl (C=O) groups excluding carboxylic acids is 3. The van der Waals surface area contributed by atoms with E-state index < -0.39 is 12.1 Å². The van der Waals surface area contributed by atoms with Crippen molar-refractivity contribution < 1.29 is 14.4 Å². The number of pyridine rings is 1. The van der Waals surface area contributed by atoms with E-state index >= 15 is 0 Å². The molecule has 1 fully saturated rings. The summed E-state index contributed by atoms with van der Waals surface area (Å²) < 4.78 is 0. The highest BCUT2D eigenvalue weighted by Crippen LogP contribution is 2.14. The van der Waals surface area contributed by atoms with E-state index in [9.17, 15) is 14.4 Å². The van der Waals surface area contributed by atoms with Gasteiger partial charge in [-0.25, -0.2) is 9.78 Å². The molecule has 8 nitrogen and oxygen atoms in total. The zero-order valence-corrected chi connectivity index (χ0v) is 12.5. The minimum atomic E-state index is -0.631. The van der Waals surface area contributed by atoms with Gasteiger partial charge >= 0.3 is 6.03 Å². The summed E-state index contributed by atoms with van der Waals surface area (Å²) >= 11 is 0. The number of nitrogens with one attached hydrogen (secondary N) is 3. The number of hydrogen-bond donors (Lipinski definition) is 3. The van der Waals surface area contributed by atoms with Crippen LogP contribution in [0, 0.1) is 0 Å². The Bertz CT molecular complexity index is 588. The molecule has 0 aliphatic carbocycles. The van der Waals surface area contributed by atoms with E-state index in [2.05, 4.69) is 20.9 Å². The third-order valence-electron chi connectivity index (χ3n) is 3.29. The lowest BCUT2D eigenvalue weighted by atomic mass is 10.1. The van der Waals surface area contributed by atoms with Gasteiger partial charge in [0.05, 0.1) is 0 Å². The molecule has 0 radical (unpaired) electrons. The normalized spacial score (nSPS) is 16.9. The zero-order chi connectivity index (χ0) is 16.1. The van der Waals surface area contributed by atoms with Crippen LogP contribution in [0.1, 0.15) is 18.4 Å². The predicted octanol–water partition coefficient (Wildman–Crippen LogP) is -0.248. The average Bonchev–Trinajstić information content (AvgIpc) is 2.81. The first kappa shape index (κ1) is 15.7. The Morgan fingerprint density at radius 1 is 1.41 bits per heavy atom. The van der Waals surface area contributed by atoms with Crippen molar-refractivity contribution in [2.75, 3.05) is 19.0 Å². The fourth-order valence-electron chi connectivity index (χ4n) is 2.19. The predicted molar refractivity (Wildman–Crippen MR) is 80.1 cm³/mol. The van der Waals surface area contributed by atoms with Crippen LogP contribution in [0.2, 0.25) is 0 Å². The minimum absolute atomic E-state index is 0.163. The van der Waals surface area contributed by atoms with E-state index in [1.807, 2.05) is 31.1 Å². The second-order valence-electron chi connectivity index (χ2n) is 5.21. The van der Waals surface area contributed by atoms with E-state index in [1.54, 1.807) is 6.20 Å². The van der Waals surface area contributed by atoms with E-state index in [-0.39, 0.29) is 24.7 Å². The number of aromatic nitrogens is 1. The number of hydrogen-bond acceptors (Lipinski definition) is 5. The Hall–Kier alpha value is -2.64. The fourth-order valence-corrected chi connectivity index (χ4v) is 2.19. The molecule has 1 aromatic heterocycles. The maximum absolute atomic E-state index is 11.9. The number of amides is 4. The van der Waals surface area contributed by atoms with Gasteiger partial charge in [-0.05, 0) is 12.5 Å². The second kappa shape index (κ2) is 6.88. The standard InChI is InChI=1S/C14H19N5O3/c1-19(2)12-9(4-3-7-15-12)8-16-11(20)6-5-10-13(21)18-14(22)17-10/h3-4,7,10H,5-6,8H2,1-2H3,(H,16,20)(H2,17,18,21,22)/t10-/m1/s1. The highest BCUT2D eigenvalue weighted by atomic mass is 16.2. The molecular weight excluding hydrogens is 286 g/mol. The van der Waals surface area contributed by atoms with Crippen LogP contribution < -0.4 is 20.9 Å². The van der Waals surface area contributed by atoms with Crippen LogP contribution in [0.3, 0.4) is 0 Å². The third kappa shape index (κ3) is 3.94. The minimum Gasteiger partial charge on any atom is -0.362 e. The van der Waals surface area contributed by atoms with Crippen molar-refractivity contribution in [2.45, 2.75) is 25.4 Å². The Kier molecular flexibility index (Phi) is 4.92. The number of anilines is 1. The molecular formula is C14H19N5O3. The zero-order valence-electron chi connectivity index (χ0n) is 12.5. The lowest BCUT2D eigenvalue weighted by molar-refractivity contribution is -0.122. The van der Waals surface area contributed by atoms with Crippen molar-refractivity contribution in [1.29, 1.82) is 0 Å². The molecule has 4 amide bonds. The summed E-state index contributed by atoms with van der Waals surface area (Å²) in [5, 5.41) is 7.39. The number of urea groups is 1. The summed E-state index contributed by atoms with van der Waals surface area (Å²) in [7, 11) is 3.77. The molecule has 1 aliphatic heterocycles. The molecule has 0 aromatic carbocycles. The van der Waals surface area contributed by atoms with Crippen LogP contribution in [0.5, 0.6) is 0 Å². The maximum Gasteiger partial charge on any atom is 0.322 e. The Morgan fingerprint density at radius 3 is 2.82 bits per heavy atom. The topological polar surface area (TPSA) is 103 Å². The average molecular weight is 305 g/mol. The first-order valence-electron chi connectivity index (χ1n) is 6.96. The van der Waals surface area contributed by atoms with Crippen molar-refractivity contribution in [3.8, 4) is 0 Å². The quantitative estimate of drug-likeness (QED) is 0.629. The van der Waals surface area contributed by atoms with Gasteiger partial charge in [0.15, 0.2) is 0 Å². The van der Waals surface area contributed by atoms with Crippen molar-refractivity contribution >= 4 is 23.7 Å². The first-order valence-corrected chi connectivity index (χ1v) is 6.96. The van der Waals surface area contributed by atoms with E-state index in [0.717, 1.165) is 11.4 Å². The van der Waals surface area contributed by atoms with Crippen molar-refractivity contribution in [2.24, 2.45) is 0 Å². The van der Waals surface area contributed by atoms with Gasteiger partial charge in [-0.15, -0.1) is 0 Å². The molecule has 0 bridgehead atoms. The highest BCUT2D eigenvalue weighted by molar-refractivity contribution is 6.04. The summed E-state index contributed by atoms with van der Waals surface area (Å²) in [6.45, 7) is 0.364. The van der Waals surface area contributed by atoms with E-state index in [0.29, 0.717) is 6.54 Å². The van der Waals surface area contributed by atoms with Gasteiger partial charge in [0, 0.05) is 38.8 Å². The summed E-state index contributed by atoms with van der Waals surface area (Å²) in [6.07, 6.45) is 2.13. The lowest BCUT2D eigenvalue weighted by Gasteiger charge is -2.16. The van der Waals surface area contributed by atoms with Crippen molar-refractivity contribution in [3.05, 3.63) is 23.9 Å². The summed E-state index contributed by atoms with van der Waals surface area (Å²) in [5.74, 6) is 0.229. The summed E-state index contributed by atoms with van der Waals surface area (Å²) in [4.78, 5) is 40.3. The van der Waals surface area contributed by atoms with Gasteiger partial charge in [-0.1, -0.05) is 6.07 Å². The van der Waals surface area contributed by atoms with Crippen LogP contribution in [-0.4, -0.2) is 43.0 Å². The van der Waals surface area contributed by atoms with Crippen molar-refractivity contribution in [3.63, 3.8) is 0 Å². The molecule has 0 spiro atoms. The molecule has 118 valence electrons. The molecule has 0 unspecified atom stereocenters. The van der Waals surface area contributed by atoms with Gasteiger partial charge in [-0.2, -0.15) is 0 Å². The molecule has 2 rings (SSSR count). The Balaban J connectivity index is 1.81. The number of nitrogens with zero attached hydrogens (tertiary/aromatic N) is 2. The molecule has 1 aliphatic rings. The Morgan fingerprint density at radius 2 is 2.18 bits per heavy atom. The SMILES string of the molecule is CN(C)c1ncccc1CNC(=O)CC[C@H]1NC(=O)NC1=O. The largest absolute Gasteiger partial charge is 0.362 e. The van der Waals surface area contributed by atoms with Crippen LogP contribution in [0.25, 0.3) is 0 Å². The molecule has 1 saturated heterocycles. The van der Waals surface area contributed by atoms with Gasteiger partial charge in [0.25, 0.3) is 5.91 Å². The van der Waals surface area contributed by atoms with E-state index in [4.69, 9.17) is 0 Å². The summed E-state index contributed by atoms with van der Waals surface area (Å²) in [5.41, 5.74) is 0.910. The lowest BCUT2D eigenvalue weighted by Crippen LogP contribution is -2.31. The maximum atomic E-state index is 11.9. The van der Waals surface area contributed by atoms with Gasteiger partial charge in [0.2, 0.25) is 5.91 Å². The molecule has 1 aromatic rings. The van der Waals surface area contributed by atoms with Crippen LogP contribution in [-0.2, 0) is 16.1 Å². The van der Waals surface area contributed by atoms with E-state index in [1.165, 1.54) is 0 Å². The number of carbonyl (C=O) groups is 3. The number of imide groups is 1. The molecule has 0 saturated carbocycles. The van der Waals surface area contributed by atoms with Gasteiger partial charge < -0.3 is 15.5 Å². The molecule has 1 atom stereocenters. The van der Waals surface area contributed by atoms with Crippen molar-refractivity contribution in [1.82, 2.24) is 20.9 Å². The number of rotatable bonds is 6. The van der Waals surface area contributed by atoms with Crippen LogP contribution >= 0.6 is 0 Å². The molecule has 2 heterocycles. The third-order valence-corrected chi connectivity index (χ3v) is 3.29. The first-order chi connectivity index (χ1) is 10.5. The smallest absolute Gasteiger partial charge is 0.322 e. The highest BCUT2D eigenvalue weighted by Gasteiger charge is 2.29. The van der Waals surface area contributed by atoms with Gasteiger partial charge in [0.1, 0.15) is 11.9 Å². The Labute approximate surface area is 128 Å². The molecule has 3 N–H and O–H groups in total. The monoisotopic (exact) mass is 305 g/mol. The molecule has 8 heteroatoms. The van der Waals surface area contributed by atoms with Crippen LogP contribution in [0.15, 0.2) is 18.3 Å². The fraction of sp³-hybridized carbons (Fsp3) is 0.429. The van der Waals surface area contributed by atoms with Gasteiger partial charge in [-0.3, -0.25) is 14.9 Å².